The number of ether oxygens (including phenoxy) is 1. The predicted octanol–water partition coefficient (Wildman–Crippen LogP) is 5.40. The van der Waals surface area contributed by atoms with E-state index in [0.29, 0.717) is 43.5 Å². The molecule has 2 aromatic rings. The minimum absolute atomic E-state index is 0.204. The Morgan fingerprint density at radius 2 is 1.81 bits per heavy atom. The van der Waals surface area contributed by atoms with E-state index in [9.17, 15) is 14.4 Å². The number of hydrogen-bond donors (Lipinski definition) is 1. The van der Waals surface area contributed by atoms with E-state index in [-0.39, 0.29) is 18.2 Å². The average molecular weight is 509 g/mol. The number of amides is 2. The van der Waals surface area contributed by atoms with Gasteiger partial charge in [-0.25, -0.2) is 4.79 Å². The van der Waals surface area contributed by atoms with Crippen molar-refractivity contribution in [2.24, 2.45) is 0 Å². The largest absolute Gasteiger partial charge is 0.465 e. The van der Waals surface area contributed by atoms with Gasteiger partial charge in [0.05, 0.1) is 17.6 Å². The number of thioether (sulfide) groups is 1. The van der Waals surface area contributed by atoms with Crippen molar-refractivity contribution in [3.05, 3.63) is 68.5 Å². The van der Waals surface area contributed by atoms with Gasteiger partial charge >= 0.3 is 5.97 Å². The van der Waals surface area contributed by atoms with Crippen molar-refractivity contribution >= 4 is 81.0 Å². The standard InChI is InChI=1S/C22H18Cl2N2O4S2/c1-30-21(29)14-6-4-13(5-7-14)9-18-20(28)26(22(31)32-18)8-2-3-19(27)25-17-11-15(23)10-16(24)12-17/h4-7,9-12H,2-3,8H2,1H3,(H,25,27). The minimum atomic E-state index is -0.426. The highest BCUT2D eigenvalue weighted by Gasteiger charge is 2.31. The lowest BCUT2D eigenvalue weighted by molar-refractivity contribution is -0.122. The van der Waals surface area contributed by atoms with E-state index in [4.69, 9.17) is 35.4 Å². The number of anilines is 1. The molecule has 2 aromatic carbocycles. The summed E-state index contributed by atoms with van der Waals surface area (Å²) in [4.78, 5) is 38.4. The third-order valence-electron chi connectivity index (χ3n) is 4.44. The van der Waals surface area contributed by atoms with Crippen LogP contribution in [-0.2, 0) is 14.3 Å². The van der Waals surface area contributed by atoms with E-state index < -0.39 is 5.97 Å². The molecule has 166 valence electrons. The number of hydrogen-bond acceptors (Lipinski definition) is 6. The molecular weight excluding hydrogens is 491 g/mol. The van der Waals surface area contributed by atoms with Gasteiger partial charge in [-0.2, -0.15) is 0 Å². The van der Waals surface area contributed by atoms with Gasteiger partial charge in [0, 0.05) is 28.7 Å². The van der Waals surface area contributed by atoms with Crippen molar-refractivity contribution in [3.63, 3.8) is 0 Å². The van der Waals surface area contributed by atoms with Crippen LogP contribution in [0.25, 0.3) is 6.08 Å². The van der Waals surface area contributed by atoms with E-state index in [1.54, 1.807) is 48.5 Å². The quantitative estimate of drug-likeness (QED) is 0.306. The van der Waals surface area contributed by atoms with E-state index in [1.165, 1.54) is 23.8 Å². The smallest absolute Gasteiger partial charge is 0.337 e. The minimum Gasteiger partial charge on any atom is -0.465 e. The number of thiocarbonyl (C=S) groups is 1. The van der Waals surface area contributed by atoms with Crippen molar-refractivity contribution in [2.75, 3.05) is 19.0 Å². The zero-order valence-corrected chi connectivity index (χ0v) is 20.0. The van der Waals surface area contributed by atoms with Gasteiger partial charge < -0.3 is 10.1 Å². The van der Waals surface area contributed by atoms with Crippen LogP contribution in [0.2, 0.25) is 10.0 Å². The highest BCUT2D eigenvalue weighted by atomic mass is 35.5. The first-order valence-electron chi connectivity index (χ1n) is 9.46. The number of carbonyl (C=O) groups excluding carboxylic acids is 3. The number of methoxy groups -OCH3 is 1. The molecule has 6 nitrogen and oxygen atoms in total. The maximum atomic E-state index is 12.7. The molecule has 1 N–H and O–H groups in total. The molecule has 2 amide bonds. The third kappa shape index (κ3) is 6.32. The summed E-state index contributed by atoms with van der Waals surface area (Å²) >= 11 is 18.4. The Balaban J connectivity index is 1.55. The molecule has 3 rings (SSSR count). The normalized spacial score (nSPS) is 14.7. The molecule has 1 saturated heterocycles. The van der Waals surface area contributed by atoms with Crippen molar-refractivity contribution in [1.29, 1.82) is 0 Å². The Labute approximate surface area is 204 Å². The molecule has 0 aromatic heterocycles. The van der Waals surface area contributed by atoms with Crippen LogP contribution in [0.5, 0.6) is 0 Å². The number of carbonyl (C=O) groups is 3. The molecule has 0 atom stereocenters. The molecule has 0 radical (unpaired) electrons. The second-order valence-corrected chi connectivity index (χ2v) is 9.31. The molecule has 10 heteroatoms. The van der Waals surface area contributed by atoms with Crippen molar-refractivity contribution < 1.29 is 19.1 Å². The molecule has 0 unspecified atom stereocenters. The summed E-state index contributed by atoms with van der Waals surface area (Å²) in [7, 11) is 1.32. The summed E-state index contributed by atoms with van der Waals surface area (Å²) in [5.41, 5.74) is 1.70. The summed E-state index contributed by atoms with van der Waals surface area (Å²) in [6.45, 7) is 0.326. The van der Waals surface area contributed by atoms with Gasteiger partial charge in [-0.1, -0.05) is 59.3 Å². The van der Waals surface area contributed by atoms with Gasteiger partial charge in [0.15, 0.2) is 0 Å². The van der Waals surface area contributed by atoms with E-state index >= 15 is 0 Å². The van der Waals surface area contributed by atoms with Crippen LogP contribution in [0.3, 0.4) is 0 Å². The highest BCUT2D eigenvalue weighted by Crippen LogP contribution is 2.32. The van der Waals surface area contributed by atoms with E-state index in [0.717, 1.165) is 5.56 Å². The first-order chi connectivity index (χ1) is 15.3. The van der Waals surface area contributed by atoms with Crippen LogP contribution < -0.4 is 5.32 Å². The van der Waals surface area contributed by atoms with Crippen molar-refractivity contribution in [3.8, 4) is 0 Å². The number of nitrogens with one attached hydrogen (secondary N) is 1. The highest BCUT2D eigenvalue weighted by molar-refractivity contribution is 8.26. The lowest BCUT2D eigenvalue weighted by Crippen LogP contribution is -2.29. The fourth-order valence-corrected chi connectivity index (χ4v) is 4.76. The van der Waals surface area contributed by atoms with Crippen LogP contribution in [0, 0.1) is 0 Å². The van der Waals surface area contributed by atoms with Crippen LogP contribution in [0.1, 0.15) is 28.8 Å². The fourth-order valence-electron chi connectivity index (χ4n) is 2.92. The van der Waals surface area contributed by atoms with Gasteiger partial charge in [0.1, 0.15) is 4.32 Å². The number of benzene rings is 2. The lowest BCUT2D eigenvalue weighted by atomic mass is 10.1. The molecule has 1 aliphatic heterocycles. The van der Waals surface area contributed by atoms with Gasteiger partial charge in [0.2, 0.25) is 5.91 Å². The van der Waals surface area contributed by atoms with Crippen LogP contribution in [0.15, 0.2) is 47.4 Å². The molecular formula is C22H18Cl2N2O4S2. The Morgan fingerprint density at radius 3 is 2.44 bits per heavy atom. The molecule has 1 fully saturated rings. The van der Waals surface area contributed by atoms with Crippen LogP contribution >= 0.6 is 47.2 Å². The van der Waals surface area contributed by atoms with Gasteiger partial charge in [0.25, 0.3) is 5.91 Å². The number of rotatable bonds is 7. The maximum absolute atomic E-state index is 12.7. The van der Waals surface area contributed by atoms with Crippen molar-refractivity contribution in [2.45, 2.75) is 12.8 Å². The first-order valence-corrected chi connectivity index (χ1v) is 11.4. The average Bonchev–Trinajstić information content (AvgIpc) is 3.00. The van der Waals surface area contributed by atoms with Crippen LogP contribution in [-0.4, -0.2) is 40.7 Å². The van der Waals surface area contributed by atoms with Crippen LogP contribution in [0.4, 0.5) is 5.69 Å². The molecule has 0 spiro atoms. The number of esters is 1. The topological polar surface area (TPSA) is 75.7 Å². The maximum Gasteiger partial charge on any atom is 0.337 e. The Morgan fingerprint density at radius 1 is 1.16 bits per heavy atom. The zero-order chi connectivity index (χ0) is 23.3. The van der Waals surface area contributed by atoms with Gasteiger partial charge in [-0.05, 0) is 48.4 Å². The molecule has 0 bridgehead atoms. The molecule has 0 aliphatic carbocycles. The molecule has 1 heterocycles. The number of nitrogens with zero attached hydrogens (tertiary/aromatic N) is 1. The number of halogens is 2. The summed E-state index contributed by atoms with van der Waals surface area (Å²) in [6, 6.07) is 11.5. The second-order valence-electron chi connectivity index (χ2n) is 6.76. The monoisotopic (exact) mass is 508 g/mol. The van der Waals surface area contributed by atoms with Gasteiger partial charge in [-0.15, -0.1) is 0 Å². The predicted molar refractivity (Wildman–Crippen MR) is 132 cm³/mol. The summed E-state index contributed by atoms with van der Waals surface area (Å²) in [5, 5.41) is 3.59. The van der Waals surface area contributed by atoms with E-state index in [2.05, 4.69) is 10.1 Å². The first kappa shape index (κ1) is 24.3. The lowest BCUT2D eigenvalue weighted by Gasteiger charge is -2.14. The zero-order valence-electron chi connectivity index (χ0n) is 16.9. The van der Waals surface area contributed by atoms with Crippen molar-refractivity contribution in [1.82, 2.24) is 4.90 Å². The summed E-state index contributed by atoms with van der Waals surface area (Å²) in [6.07, 6.45) is 2.36. The Kier molecular flexibility index (Phi) is 8.31. The summed E-state index contributed by atoms with van der Waals surface area (Å²) < 4.78 is 5.12. The Hall–Kier alpha value is -2.39. The Bertz CT molecular complexity index is 1080. The summed E-state index contributed by atoms with van der Waals surface area (Å²) in [5.74, 6) is -0.848. The molecule has 1 aliphatic rings. The van der Waals surface area contributed by atoms with Gasteiger partial charge in [-0.3, -0.25) is 14.5 Å². The SMILES string of the molecule is COC(=O)c1ccc(C=C2SC(=S)N(CCCC(=O)Nc3cc(Cl)cc(Cl)c3)C2=O)cc1. The fraction of sp³-hybridized carbons (Fsp3) is 0.182. The molecule has 32 heavy (non-hydrogen) atoms. The molecule has 0 saturated carbocycles. The third-order valence-corrected chi connectivity index (χ3v) is 6.25. The second kappa shape index (κ2) is 11.0. The van der Waals surface area contributed by atoms with E-state index in [1.807, 2.05) is 0 Å².